The van der Waals surface area contributed by atoms with E-state index in [1.165, 1.54) is 10.4 Å². The zero-order chi connectivity index (χ0) is 12.3. The fourth-order valence-corrected chi connectivity index (χ4v) is 1.72. The monoisotopic (exact) mass is 231 g/mol. The highest BCUT2D eigenvalue weighted by molar-refractivity contribution is 5.25. The van der Waals surface area contributed by atoms with Crippen LogP contribution in [0.2, 0.25) is 0 Å². The van der Waals surface area contributed by atoms with Gasteiger partial charge in [-0.05, 0) is 22.8 Å². The first kappa shape index (κ1) is 11.7. The lowest BCUT2D eigenvalue weighted by molar-refractivity contribution is 0.622. The van der Waals surface area contributed by atoms with Gasteiger partial charge in [0.15, 0.2) is 5.82 Å². The molecule has 1 atom stereocenters. The standard InChI is InChI=1S/C12H17N5/c1-3-9-4-6-10(7-5-9)11(13)8-12-14-16-17(2)15-12/h4-7,11H,3,8,13H2,1-2H3. The SMILES string of the molecule is CCc1ccc(C(N)Cc2nnn(C)n2)cc1. The van der Waals surface area contributed by atoms with Crippen LogP contribution in [0.5, 0.6) is 0 Å². The van der Waals surface area contributed by atoms with Gasteiger partial charge in [-0.15, -0.1) is 10.2 Å². The molecule has 2 rings (SSSR count). The highest BCUT2D eigenvalue weighted by atomic mass is 15.6. The number of hydrogen-bond donors (Lipinski definition) is 1. The minimum Gasteiger partial charge on any atom is -0.324 e. The average molecular weight is 231 g/mol. The molecule has 90 valence electrons. The number of aryl methyl sites for hydroxylation is 2. The summed E-state index contributed by atoms with van der Waals surface area (Å²) in [4.78, 5) is 1.45. The summed E-state index contributed by atoms with van der Waals surface area (Å²) in [5.41, 5.74) is 8.54. The van der Waals surface area contributed by atoms with E-state index in [1.807, 2.05) is 0 Å². The Bertz CT molecular complexity index is 474. The Balaban J connectivity index is 2.06. The molecule has 1 aromatic carbocycles. The van der Waals surface area contributed by atoms with E-state index in [9.17, 15) is 0 Å². The van der Waals surface area contributed by atoms with Crippen molar-refractivity contribution in [2.75, 3.05) is 0 Å². The van der Waals surface area contributed by atoms with Crippen molar-refractivity contribution in [1.82, 2.24) is 20.2 Å². The van der Waals surface area contributed by atoms with Gasteiger partial charge in [0.05, 0.1) is 7.05 Å². The number of benzene rings is 1. The molecular formula is C12H17N5. The summed E-state index contributed by atoms with van der Waals surface area (Å²) in [5.74, 6) is 0.680. The van der Waals surface area contributed by atoms with Gasteiger partial charge in [-0.1, -0.05) is 31.2 Å². The Morgan fingerprint density at radius 1 is 1.29 bits per heavy atom. The van der Waals surface area contributed by atoms with E-state index >= 15 is 0 Å². The van der Waals surface area contributed by atoms with Crippen molar-refractivity contribution in [2.24, 2.45) is 12.8 Å². The predicted octanol–water partition coefficient (Wildman–Crippen LogP) is 1.01. The maximum absolute atomic E-state index is 6.11. The van der Waals surface area contributed by atoms with Crippen molar-refractivity contribution in [3.8, 4) is 0 Å². The minimum atomic E-state index is -0.0786. The van der Waals surface area contributed by atoms with Gasteiger partial charge in [0.25, 0.3) is 0 Å². The number of aromatic nitrogens is 4. The van der Waals surface area contributed by atoms with Crippen molar-refractivity contribution < 1.29 is 0 Å². The van der Waals surface area contributed by atoms with E-state index in [-0.39, 0.29) is 6.04 Å². The molecule has 17 heavy (non-hydrogen) atoms. The maximum Gasteiger partial charge on any atom is 0.176 e. The van der Waals surface area contributed by atoms with E-state index in [0.29, 0.717) is 12.2 Å². The highest BCUT2D eigenvalue weighted by Crippen LogP contribution is 2.14. The molecule has 0 saturated carbocycles. The van der Waals surface area contributed by atoms with Crippen LogP contribution in [-0.4, -0.2) is 20.2 Å². The second-order valence-corrected chi connectivity index (χ2v) is 4.10. The van der Waals surface area contributed by atoms with Gasteiger partial charge in [-0.3, -0.25) is 0 Å². The molecule has 1 unspecified atom stereocenters. The number of nitrogens with two attached hydrogens (primary N) is 1. The number of rotatable bonds is 4. The summed E-state index contributed by atoms with van der Waals surface area (Å²) in [6.07, 6.45) is 1.65. The molecule has 0 aliphatic heterocycles. The summed E-state index contributed by atoms with van der Waals surface area (Å²) in [5, 5.41) is 11.9. The third kappa shape index (κ3) is 2.88. The molecule has 1 aromatic heterocycles. The molecule has 0 aliphatic rings. The van der Waals surface area contributed by atoms with E-state index in [1.54, 1.807) is 7.05 Å². The molecule has 0 saturated heterocycles. The van der Waals surface area contributed by atoms with Crippen LogP contribution < -0.4 is 5.73 Å². The van der Waals surface area contributed by atoms with Crippen LogP contribution in [0.4, 0.5) is 0 Å². The normalized spacial score (nSPS) is 12.6. The zero-order valence-corrected chi connectivity index (χ0v) is 10.2. The molecule has 5 heteroatoms. The lowest BCUT2D eigenvalue weighted by Crippen LogP contribution is -2.14. The van der Waals surface area contributed by atoms with Crippen LogP contribution in [0.25, 0.3) is 0 Å². The van der Waals surface area contributed by atoms with E-state index in [2.05, 4.69) is 46.6 Å². The van der Waals surface area contributed by atoms with Crippen LogP contribution in [-0.2, 0) is 19.9 Å². The van der Waals surface area contributed by atoms with Crippen LogP contribution in [0.3, 0.4) is 0 Å². The summed E-state index contributed by atoms with van der Waals surface area (Å²) in [7, 11) is 1.75. The first-order valence-corrected chi connectivity index (χ1v) is 5.76. The Labute approximate surface area is 101 Å². The van der Waals surface area contributed by atoms with Gasteiger partial charge >= 0.3 is 0 Å². The van der Waals surface area contributed by atoms with Crippen LogP contribution >= 0.6 is 0 Å². The van der Waals surface area contributed by atoms with Crippen molar-refractivity contribution in [1.29, 1.82) is 0 Å². The van der Waals surface area contributed by atoms with Crippen LogP contribution in [0.1, 0.15) is 29.9 Å². The van der Waals surface area contributed by atoms with Gasteiger partial charge < -0.3 is 5.73 Å². The van der Waals surface area contributed by atoms with E-state index < -0.39 is 0 Å². The molecule has 0 aliphatic carbocycles. The van der Waals surface area contributed by atoms with Crippen molar-refractivity contribution in [3.63, 3.8) is 0 Å². The smallest absolute Gasteiger partial charge is 0.176 e. The molecule has 2 aromatic rings. The van der Waals surface area contributed by atoms with E-state index in [0.717, 1.165) is 12.0 Å². The molecular weight excluding hydrogens is 214 g/mol. The molecule has 0 bridgehead atoms. The van der Waals surface area contributed by atoms with E-state index in [4.69, 9.17) is 5.73 Å². The Hall–Kier alpha value is -1.75. The van der Waals surface area contributed by atoms with Gasteiger partial charge in [-0.25, -0.2) is 0 Å². The number of hydrogen-bond acceptors (Lipinski definition) is 4. The lowest BCUT2D eigenvalue weighted by atomic mass is 10.0. The molecule has 0 amide bonds. The first-order valence-electron chi connectivity index (χ1n) is 5.76. The third-order valence-corrected chi connectivity index (χ3v) is 2.77. The van der Waals surface area contributed by atoms with Crippen LogP contribution in [0.15, 0.2) is 24.3 Å². The predicted molar refractivity (Wildman–Crippen MR) is 65.3 cm³/mol. The Kier molecular flexibility index (Phi) is 3.49. The van der Waals surface area contributed by atoms with Crippen molar-refractivity contribution in [2.45, 2.75) is 25.8 Å². The molecule has 0 spiro atoms. The highest BCUT2D eigenvalue weighted by Gasteiger charge is 2.10. The fourth-order valence-electron chi connectivity index (χ4n) is 1.72. The maximum atomic E-state index is 6.11. The third-order valence-electron chi connectivity index (χ3n) is 2.77. The summed E-state index contributed by atoms with van der Waals surface area (Å²) < 4.78 is 0. The van der Waals surface area contributed by atoms with Gasteiger partial charge in [0.2, 0.25) is 0 Å². The molecule has 1 heterocycles. The Morgan fingerprint density at radius 3 is 2.53 bits per heavy atom. The van der Waals surface area contributed by atoms with Crippen LogP contribution in [0, 0.1) is 0 Å². The largest absolute Gasteiger partial charge is 0.324 e. The van der Waals surface area contributed by atoms with Gasteiger partial charge in [0.1, 0.15) is 0 Å². The summed E-state index contributed by atoms with van der Waals surface area (Å²) >= 11 is 0. The quantitative estimate of drug-likeness (QED) is 0.852. The van der Waals surface area contributed by atoms with Gasteiger partial charge in [0, 0.05) is 12.5 Å². The Morgan fingerprint density at radius 2 is 2.00 bits per heavy atom. The lowest BCUT2D eigenvalue weighted by Gasteiger charge is -2.10. The van der Waals surface area contributed by atoms with Crippen molar-refractivity contribution >= 4 is 0 Å². The first-order chi connectivity index (χ1) is 8.19. The molecule has 0 fully saturated rings. The number of tetrazole rings is 1. The zero-order valence-electron chi connectivity index (χ0n) is 10.2. The summed E-state index contributed by atoms with van der Waals surface area (Å²) in [6.45, 7) is 2.14. The summed E-state index contributed by atoms with van der Waals surface area (Å²) in [6, 6.07) is 8.28. The second-order valence-electron chi connectivity index (χ2n) is 4.10. The number of nitrogens with zero attached hydrogens (tertiary/aromatic N) is 4. The van der Waals surface area contributed by atoms with Crippen molar-refractivity contribution in [3.05, 3.63) is 41.2 Å². The topological polar surface area (TPSA) is 69.6 Å². The molecule has 0 radical (unpaired) electrons. The average Bonchev–Trinajstić information content (AvgIpc) is 2.75. The fraction of sp³-hybridized carbons (Fsp3) is 0.417. The minimum absolute atomic E-state index is 0.0786. The molecule has 2 N–H and O–H groups in total. The second kappa shape index (κ2) is 5.05. The van der Waals surface area contributed by atoms with Gasteiger partial charge in [-0.2, -0.15) is 4.80 Å². The molecule has 5 nitrogen and oxygen atoms in total.